The van der Waals surface area contributed by atoms with Gasteiger partial charge in [0.1, 0.15) is 5.82 Å². The number of nitrogens with zero attached hydrogens (tertiary/aromatic N) is 3. The van der Waals surface area contributed by atoms with E-state index >= 15 is 0 Å². The van der Waals surface area contributed by atoms with Gasteiger partial charge in [-0.25, -0.2) is 9.37 Å². The van der Waals surface area contributed by atoms with Crippen LogP contribution in [0.3, 0.4) is 0 Å². The third kappa shape index (κ3) is 5.11. The molecule has 2 aromatic carbocycles. The average molecular weight is 401 g/mol. The van der Waals surface area contributed by atoms with Crippen LogP contribution in [0.15, 0.2) is 53.4 Å². The number of imidazole rings is 1. The highest BCUT2D eigenvalue weighted by molar-refractivity contribution is 8.00. The van der Waals surface area contributed by atoms with Crippen LogP contribution in [0.5, 0.6) is 0 Å². The van der Waals surface area contributed by atoms with E-state index in [1.54, 1.807) is 12.1 Å². The monoisotopic (exact) mass is 400 g/mol. The van der Waals surface area contributed by atoms with E-state index < -0.39 is 0 Å². The van der Waals surface area contributed by atoms with E-state index in [2.05, 4.69) is 33.6 Å². The Balaban J connectivity index is 1.71. The normalized spacial score (nSPS) is 11.3. The topological polar surface area (TPSA) is 50.2 Å². The summed E-state index contributed by atoms with van der Waals surface area (Å²) in [5.41, 5.74) is 1.87. The number of anilines is 1. The van der Waals surface area contributed by atoms with Gasteiger partial charge in [0.25, 0.3) is 0 Å². The van der Waals surface area contributed by atoms with Crippen molar-refractivity contribution in [2.24, 2.45) is 0 Å². The maximum atomic E-state index is 13.0. The molecule has 0 radical (unpaired) electrons. The molecule has 28 heavy (non-hydrogen) atoms. The Hall–Kier alpha value is -2.38. The third-order valence-corrected chi connectivity index (χ3v) is 5.64. The summed E-state index contributed by atoms with van der Waals surface area (Å²) in [6.07, 6.45) is 0. The van der Waals surface area contributed by atoms with Crippen molar-refractivity contribution in [1.82, 2.24) is 14.5 Å². The van der Waals surface area contributed by atoms with Crippen LogP contribution in [0.2, 0.25) is 0 Å². The molecule has 0 atom stereocenters. The molecule has 0 saturated carbocycles. The number of likely N-dealkylation sites (N-methyl/N-ethyl adjacent to an activating group) is 1. The minimum absolute atomic E-state index is 0.131. The lowest BCUT2D eigenvalue weighted by Crippen LogP contribution is -2.28. The molecule has 3 rings (SSSR count). The standard InChI is InChI=1S/C21H25FN4OS/c1-3-25(4-2)13-14-26-19-8-6-5-7-18(19)23-21(26)24-20(27)15-28-17-11-9-16(22)10-12-17/h5-12H,3-4,13-15H2,1-2H3,(H,23,24,27). The van der Waals surface area contributed by atoms with Crippen molar-refractivity contribution < 1.29 is 9.18 Å². The van der Waals surface area contributed by atoms with Crippen molar-refractivity contribution in [3.8, 4) is 0 Å². The maximum absolute atomic E-state index is 13.0. The molecule has 7 heteroatoms. The van der Waals surface area contributed by atoms with Crippen LogP contribution in [0, 0.1) is 5.82 Å². The Labute approximate surface area is 168 Å². The van der Waals surface area contributed by atoms with Crippen molar-refractivity contribution in [3.63, 3.8) is 0 Å². The first kappa shape index (κ1) is 20.4. The van der Waals surface area contributed by atoms with Crippen LogP contribution in [0.1, 0.15) is 13.8 Å². The molecule has 0 unspecified atom stereocenters. The van der Waals surface area contributed by atoms with Gasteiger partial charge in [0.15, 0.2) is 0 Å². The van der Waals surface area contributed by atoms with Gasteiger partial charge in [0.2, 0.25) is 11.9 Å². The van der Waals surface area contributed by atoms with Crippen LogP contribution in [-0.4, -0.2) is 45.7 Å². The Kier molecular flexibility index (Phi) is 7.06. The molecular formula is C21H25FN4OS. The van der Waals surface area contributed by atoms with Gasteiger partial charge in [-0.15, -0.1) is 11.8 Å². The van der Waals surface area contributed by atoms with Gasteiger partial charge in [-0.3, -0.25) is 10.1 Å². The van der Waals surface area contributed by atoms with Crippen molar-refractivity contribution >= 4 is 34.7 Å². The van der Waals surface area contributed by atoms with E-state index in [9.17, 15) is 9.18 Å². The van der Waals surface area contributed by atoms with Gasteiger partial charge in [-0.2, -0.15) is 0 Å². The highest BCUT2D eigenvalue weighted by Gasteiger charge is 2.14. The summed E-state index contributed by atoms with van der Waals surface area (Å²) in [6.45, 7) is 7.90. The van der Waals surface area contributed by atoms with Crippen molar-refractivity contribution in [1.29, 1.82) is 0 Å². The fourth-order valence-electron chi connectivity index (χ4n) is 3.02. The largest absolute Gasteiger partial charge is 0.309 e. The molecule has 0 aliphatic heterocycles. The highest BCUT2D eigenvalue weighted by atomic mass is 32.2. The number of amides is 1. The van der Waals surface area contributed by atoms with E-state index in [1.807, 2.05) is 24.3 Å². The van der Waals surface area contributed by atoms with E-state index in [0.717, 1.165) is 42.1 Å². The molecule has 0 aliphatic carbocycles. The number of rotatable bonds is 9. The summed E-state index contributed by atoms with van der Waals surface area (Å²) < 4.78 is 15.1. The van der Waals surface area contributed by atoms with Crippen LogP contribution in [0.4, 0.5) is 10.3 Å². The number of hydrogen-bond donors (Lipinski definition) is 1. The predicted molar refractivity (Wildman–Crippen MR) is 113 cm³/mol. The second-order valence-corrected chi connectivity index (χ2v) is 7.44. The Bertz CT molecular complexity index is 922. The molecule has 0 spiro atoms. The number of hydrogen-bond acceptors (Lipinski definition) is 4. The first-order valence-corrected chi connectivity index (χ1v) is 10.4. The van der Waals surface area contributed by atoms with E-state index in [1.165, 1.54) is 23.9 Å². The Morgan fingerprint density at radius 3 is 2.57 bits per heavy atom. The van der Waals surface area contributed by atoms with E-state index in [0.29, 0.717) is 5.95 Å². The predicted octanol–water partition coefficient (Wildman–Crippen LogP) is 4.25. The maximum Gasteiger partial charge on any atom is 0.237 e. The number of halogens is 1. The molecule has 1 heterocycles. The molecule has 1 N–H and O–H groups in total. The third-order valence-electron chi connectivity index (χ3n) is 4.62. The minimum atomic E-state index is -0.282. The van der Waals surface area contributed by atoms with Gasteiger partial charge < -0.3 is 9.47 Å². The van der Waals surface area contributed by atoms with Crippen LogP contribution >= 0.6 is 11.8 Å². The summed E-state index contributed by atoms with van der Waals surface area (Å²) in [7, 11) is 0. The molecular weight excluding hydrogens is 375 g/mol. The molecule has 1 amide bonds. The molecule has 148 valence electrons. The Morgan fingerprint density at radius 1 is 1.14 bits per heavy atom. The first-order valence-electron chi connectivity index (χ1n) is 9.46. The number of aromatic nitrogens is 2. The summed E-state index contributed by atoms with van der Waals surface area (Å²) in [5, 5.41) is 2.94. The van der Waals surface area contributed by atoms with E-state index in [-0.39, 0.29) is 17.5 Å². The van der Waals surface area contributed by atoms with E-state index in [4.69, 9.17) is 0 Å². The number of para-hydroxylation sites is 2. The van der Waals surface area contributed by atoms with Crippen LogP contribution < -0.4 is 5.32 Å². The molecule has 1 aromatic heterocycles. The second-order valence-electron chi connectivity index (χ2n) is 6.39. The first-order chi connectivity index (χ1) is 13.6. The van der Waals surface area contributed by atoms with Gasteiger partial charge in [-0.1, -0.05) is 26.0 Å². The van der Waals surface area contributed by atoms with Crippen LogP contribution in [-0.2, 0) is 11.3 Å². The lowest BCUT2D eigenvalue weighted by molar-refractivity contribution is -0.113. The van der Waals surface area contributed by atoms with Gasteiger partial charge in [-0.05, 0) is 49.5 Å². The van der Waals surface area contributed by atoms with Crippen molar-refractivity contribution in [2.45, 2.75) is 25.3 Å². The van der Waals surface area contributed by atoms with Crippen molar-refractivity contribution in [2.75, 3.05) is 30.7 Å². The number of carbonyl (C=O) groups is 1. The smallest absolute Gasteiger partial charge is 0.237 e. The molecule has 0 aliphatic rings. The van der Waals surface area contributed by atoms with Gasteiger partial charge >= 0.3 is 0 Å². The second kappa shape index (κ2) is 9.71. The zero-order chi connectivity index (χ0) is 19.9. The lowest BCUT2D eigenvalue weighted by atomic mass is 10.3. The number of thioether (sulfide) groups is 1. The average Bonchev–Trinajstić information content (AvgIpc) is 3.05. The Morgan fingerprint density at radius 2 is 1.86 bits per heavy atom. The molecule has 0 bridgehead atoms. The number of carbonyl (C=O) groups excluding carboxylic acids is 1. The fourth-order valence-corrected chi connectivity index (χ4v) is 3.72. The van der Waals surface area contributed by atoms with Crippen molar-refractivity contribution in [3.05, 3.63) is 54.3 Å². The quantitative estimate of drug-likeness (QED) is 0.546. The zero-order valence-electron chi connectivity index (χ0n) is 16.2. The molecule has 5 nitrogen and oxygen atoms in total. The number of fused-ring (bicyclic) bond motifs is 1. The SMILES string of the molecule is CCN(CC)CCn1c(NC(=O)CSc2ccc(F)cc2)nc2ccccc21. The summed E-state index contributed by atoms with van der Waals surface area (Å²) in [6, 6.07) is 14.0. The van der Waals surface area contributed by atoms with Gasteiger partial charge in [0, 0.05) is 18.0 Å². The molecule has 0 saturated heterocycles. The number of benzene rings is 2. The summed E-state index contributed by atoms with van der Waals surface area (Å²) in [4.78, 5) is 20.3. The highest BCUT2D eigenvalue weighted by Crippen LogP contribution is 2.21. The summed E-state index contributed by atoms with van der Waals surface area (Å²) >= 11 is 1.37. The van der Waals surface area contributed by atoms with Gasteiger partial charge in [0.05, 0.1) is 16.8 Å². The fraction of sp³-hybridized carbons (Fsp3) is 0.333. The molecule has 3 aromatic rings. The number of nitrogens with one attached hydrogen (secondary N) is 1. The molecule has 0 fully saturated rings. The summed E-state index contributed by atoms with van der Waals surface area (Å²) in [5.74, 6) is 0.396. The minimum Gasteiger partial charge on any atom is -0.309 e. The zero-order valence-corrected chi connectivity index (χ0v) is 17.0. The lowest BCUT2D eigenvalue weighted by Gasteiger charge is -2.19. The van der Waals surface area contributed by atoms with Crippen LogP contribution in [0.25, 0.3) is 11.0 Å².